The zero-order chi connectivity index (χ0) is 17.9. The van der Waals surface area contributed by atoms with E-state index in [-0.39, 0.29) is 24.3 Å². The molecule has 5 heteroatoms. The second-order valence-corrected chi connectivity index (χ2v) is 6.82. The molecule has 0 bridgehead atoms. The van der Waals surface area contributed by atoms with Gasteiger partial charge in [0.25, 0.3) is 5.91 Å². The summed E-state index contributed by atoms with van der Waals surface area (Å²) in [6, 6.07) is 17.4. The Labute approximate surface area is 153 Å². The monoisotopic (exact) mass is 350 g/mol. The van der Waals surface area contributed by atoms with Gasteiger partial charge in [0.05, 0.1) is 12.2 Å². The number of nitrogens with zero attached hydrogens (tertiary/aromatic N) is 1. The van der Waals surface area contributed by atoms with Crippen LogP contribution in [0.25, 0.3) is 0 Å². The van der Waals surface area contributed by atoms with Gasteiger partial charge < -0.3 is 15.0 Å². The van der Waals surface area contributed by atoms with E-state index in [1.807, 2.05) is 54.6 Å². The summed E-state index contributed by atoms with van der Waals surface area (Å²) in [7, 11) is 0. The number of nitrogens with one attached hydrogen (secondary N) is 1. The molecule has 26 heavy (non-hydrogen) atoms. The topological polar surface area (TPSA) is 58.6 Å². The first kappa shape index (κ1) is 16.6. The molecule has 1 saturated carbocycles. The van der Waals surface area contributed by atoms with Crippen molar-refractivity contribution in [1.29, 1.82) is 0 Å². The maximum absolute atomic E-state index is 12.6. The van der Waals surface area contributed by atoms with Crippen LogP contribution in [-0.2, 0) is 16.0 Å². The van der Waals surface area contributed by atoms with Crippen LogP contribution in [0.5, 0.6) is 5.75 Å². The normalized spacial score (nSPS) is 18.6. The summed E-state index contributed by atoms with van der Waals surface area (Å²) in [4.78, 5) is 26.9. The van der Waals surface area contributed by atoms with Crippen LogP contribution in [0.1, 0.15) is 18.4 Å². The Bertz CT molecular complexity index is 802. The van der Waals surface area contributed by atoms with Gasteiger partial charge in [0.2, 0.25) is 5.91 Å². The van der Waals surface area contributed by atoms with Crippen LogP contribution in [0.4, 0.5) is 5.69 Å². The number of anilines is 1. The van der Waals surface area contributed by atoms with E-state index in [1.165, 1.54) is 5.56 Å². The molecule has 1 heterocycles. The van der Waals surface area contributed by atoms with Crippen LogP contribution in [0, 0.1) is 5.92 Å². The van der Waals surface area contributed by atoms with Crippen LogP contribution in [0.15, 0.2) is 54.6 Å². The molecule has 134 valence electrons. The summed E-state index contributed by atoms with van der Waals surface area (Å²) in [5.74, 6) is 0.616. The fourth-order valence-electron chi connectivity index (χ4n) is 3.22. The molecule has 1 fully saturated rings. The quantitative estimate of drug-likeness (QED) is 0.902. The number of fused-ring (bicyclic) bond motifs is 1. The van der Waals surface area contributed by atoms with Crippen molar-refractivity contribution < 1.29 is 14.3 Å². The van der Waals surface area contributed by atoms with Crippen LogP contribution in [0.3, 0.4) is 0 Å². The fourth-order valence-corrected chi connectivity index (χ4v) is 3.22. The number of hydrogen-bond acceptors (Lipinski definition) is 3. The Morgan fingerprint density at radius 3 is 2.54 bits per heavy atom. The van der Waals surface area contributed by atoms with Crippen molar-refractivity contribution in [2.24, 2.45) is 5.92 Å². The molecule has 0 saturated heterocycles. The zero-order valence-electron chi connectivity index (χ0n) is 14.6. The van der Waals surface area contributed by atoms with Crippen molar-refractivity contribution >= 4 is 17.5 Å². The van der Waals surface area contributed by atoms with Gasteiger partial charge in [0.15, 0.2) is 6.10 Å². The fraction of sp³-hybridized carbons (Fsp3) is 0.333. The average molecular weight is 350 g/mol. The van der Waals surface area contributed by atoms with Crippen LogP contribution in [-0.4, -0.2) is 31.0 Å². The molecule has 1 N–H and O–H groups in total. The summed E-state index contributed by atoms with van der Waals surface area (Å²) in [6.45, 7) is 0.810. The minimum Gasteiger partial charge on any atom is -0.477 e. The second-order valence-electron chi connectivity index (χ2n) is 6.82. The van der Waals surface area contributed by atoms with Gasteiger partial charge in [-0.3, -0.25) is 9.59 Å². The maximum Gasteiger partial charge on any atom is 0.262 e. The van der Waals surface area contributed by atoms with Crippen LogP contribution in [0.2, 0.25) is 0 Å². The lowest BCUT2D eigenvalue weighted by Gasteiger charge is -2.34. The Hall–Kier alpha value is -2.82. The highest BCUT2D eigenvalue weighted by Crippen LogP contribution is 2.38. The first-order chi connectivity index (χ1) is 12.7. The van der Waals surface area contributed by atoms with E-state index in [2.05, 4.69) is 5.32 Å². The van der Waals surface area contributed by atoms with Gasteiger partial charge in [0.1, 0.15) is 5.75 Å². The largest absolute Gasteiger partial charge is 0.477 e. The van der Waals surface area contributed by atoms with E-state index < -0.39 is 6.10 Å². The molecule has 2 aromatic rings. The number of amides is 2. The van der Waals surface area contributed by atoms with Gasteiger partial charge in [-0.15, -0.1) is 0 Å². The van der Waals surface area contributed by atoms with Gasteiger partial charge in [0, 0.05) is 12.5 Å². The molecule has 2 amide bonds. The number of para-hydroxylation sites is 2. The summed E-state index contributed by atoms with van der Waals surface area (Å²) < 4.78 is 5.87. The lowest BCUT2D eigenvalue weighted by Crippen LogP contribution is -2.51. The lowest BCUT2D eigenvalue weighted by molar-refractivity contribution is -0.128. The molecule has 0 spiro atoms. The Morgan fingerprint density at radius 2 is 1.77 bits per heavy atom. The van der Waals surface area contributed by atoms with Crippen molar-refractivity contribution in [3.8, 4) is 5.75 Å². The standard InChI is InChI=1S/C21H22N2O3/c24-20(22-13-12-15-6-2-1-3-7-15)19-14-23(21(25)16-10-11-16)17-8-4-5-9-18(17)26-19/h1-9,16,19H,10-14H2,(H,22,24)/t19-/m0/s1. The highest BCUT2D eigenvalue weighted by atomic mass is 16.5. The molecule has 0 aromatic heterocycles. The van der Waals surface area contributed by atoms with Crippen molar-refractivity contribution in [3.05, 3.63) is 60.2 Å². The third kappa shape index (κ3) is 3.57. The van der Waals surface area contributed by atoms with Gasteiger partial charge >= 0.3 is 0 Å². The number of rotatable bonds is 5. The highest BCUT2D eigenvalue weighted by Gasteiger charge is 2.39. The molecule has 2 aromatic carbocycles. The summed E-state index contributed by atoms with van der Waals surface area (Å²) >= 11 is 0. The van der Waals surface area contributed by atoms with E-state index in [1.54, 1.807) is 4.90 Å². The number of ether oxygens (including phenoxy) is 1. The molecular weight excluding hydrogens is 328 g/mol. The van der Waals surface area contributed by atoms with E-state index in [9.17, 15) is 9.59 Å². The predicted octanol–water partition coefficient (Wildman–Crippen LogP) is 2.55. The van der Waals surface area contributed by atoms with Gasteiger partial charge in [-0.05, 0) is 37.0 Å². The van der Waals surface area contributed by atoms with Gasteiger partial charge in [-0.1, -0.05) is 42.5 Å². The third-order valence-electron chi connectivity index (χ3n) is 4.81. The number of benzene rings is 2. The van der Waals surface area contributed by atoms with Gasteiger partial charge in [-0.2, -0.15) is 0 Å². The molecule has 1 aliphatic carbocycles. The number of hydrogen-bond donors (Lipinski definition) is 1. The molecule has 0 radical (unpaired) electrons. The van der Waals surface area contributed by atoms with Crippen molar-refractivity contribution in [2.45, 2.75) is 25.4 Å². The number of carbonyl (C=O) groups excluding carboxylic acids is 2. The van der Waals surface area contributed by atoms with E-state index in [0.717, 1.165) is 24.9 Å². The molecule has 1 atom stereocenters. The number of carbonyl (C=O) groups is 2. The van der Waals surface area contributed by atoms with E-state index in [4.69, 9.17) is 4.74 Å². The average Bonchev–Trinajstić information content (AvgIpc) is 3.52. The molecule has 5 nitrogen and oxygen atoms in total. The lowest BCUT2D eigenvalue weighted by atomic mass is 10.1. The first-order valence-electron chi connectivity index (χ1n) is 9.11. The first-order valence-corrected chi connectivity index (χ1v) is 9.11. The van der Waals surface area contributed by atoms with Crippen molar-refractivity contribution in [2.75, 3.05) is 18.0 Å². The molecule has 2 aliphatic rings. The van der Waals surface area contributed by atoms with Crippen LogP contribution >= 0.6 is 0 Å². The van der Waals surface area contributed by atoms with Gasteiger partial charge in [-0.25, -0.2) is 0 Å². The van der Waals surface area contributed by atoms with E-state index >= 15 is 0 Å². The molecular formula is C21H22N2O3. The molecule has 0 unspecified atom stereocenters. The SMILES string of the molecule is O=C(NCCc1ccccc1)[C@@H]1CN(C(=O)C2CC2)c2ccccc2O1. The van der Waals surface area contributed by atoms with Crippen LogP contribution < -0.4 is 15.0 Å². The van der Waals surface area contributed by atoms with Crippen molar-refractivity contribution in [1.82, 2.24) is 5.32 Å². The zero-order valence-corrected chi connectivity index (χ0v) is 14.6. The minimum atomic E-state index is -0.677. The highest BCUT2D eigenvalue weighted by molar-refractivity contribution is 5.99. The summed E-state index contributed by atoms with van der Waals surface area (Å²) in [6.07, 6.45) is 1.96. The smallest absolute Gasteiger partial charge is 0.262 e. The Balaban J connectivity index is 1.42. The Kier molecular flexibility index (Phi) is 4.61. The summed E-state index contributed by atoms with van der Waals surface area (Å²) in [5.41, 5.74) is 1.94. The van der Waals surface area contributed by atoms with Crippen molar-refractivity contribution in [3.63, 3.8) is 0 Å². The summed E-state index contributed by atoms with van der Waals surface area (Å²) in [5, 5.41) is 2.93. The minimum absolute atomic E-state index is 0.0998. The second kappa shape index (κ2) is 7.20. The Morgan fingerprint density at radius 1 is 1.04 bits per heavy atom. The molecule has 1 aliphatic heterocycles. The van der Waals surface area contributed by atoms with E-state index in [0.29, 0.717) is 12.3 Å². The molecule has 4 rings (SSSR count). The maximum atomic E-state index is 12.6. The predicted molar refractivity (Wildman–Crippen MR) is 99.1 cm³/mol. The third-order valence-corrected chi connectivity index (χ3v) is 4.81.